The van der Waals surface area contributed by atoms with Crippen molar-refractivity contribution in [3.05, 3.63) is 54.5 Å². The number of quaternary nitrogens is 1. The molecule has 24 heavy (non-hydrogen) atoms. The molecule has 120 valence electrons. The van der Waals surface area contributed by atoms with Crippen molar-refractivity contribution in [2.24, 2.45) is 4.99 Å². The number of hydrogen-bond acceptors (Lipinski definition) is 4. The molecule has 0 amide bonds. The number of nitrogens with one attached hydrogen (secondary N) is 3. The van der Waals surface area contributed by atoms with Gasteiger partial charge in [-0.1, -0.05) is 30.3 Å². The van der Waals surface area contributed by atoms with Gasteiger partial charge in [-0.2, -0.15) is 0 Å². The van der Waals surface area contributed by atoms with Gasteiger partial charge in [-0.25, -0.2) is 15.0 Å². The van der Waals surface area contributed by atoms with Crippen LogP contribution >= 0.6 is 0 Å². The molecule has 6 heteroatoms. The van der Waals surface area contributed by atoms with Crippen LogP contribution in [0.5, 0.6) is 0 Å². The lowest BCUT2D eigenvalue weighted by Crippen LogP contribution is -3.02. The number of hydrogen-bond donors (Lipinski definition) is 3. The maximum absolute atomic E-state index is 4.72. The van der Waals surface area contributed by atoms with Gasteiger partial charge in [0.1, 0.15) is 23.4 Å². The molecule has 0 fully saturated rings. The third-order valence-corrected chi connectivity index (χ3v) is 3.95. The summed E-state index contributed by atoms with van der Waals surface area (Å²) in [6.45, 7) is 0.780. The lowest BCUT2D eigenvalue weighted by molar-refractivity contribution is -0.710. The number of nitrogens with zero attached hydrogens (tertiary/aromatic N) is 3. The highest BCUT2D eigenvalue weighted by atomic mass is 15.2. The number of benzene rings is 1. The Morgan fingerprint density at radius 3 is 2.79 bits per heavy atom. The first-order valence-electron chi connectivity index (χ1n) is 8.02. The fourth-order valence-corrected chi connectivity index (χ4v) is 2.76. The SMILES string of the molecule is C[NH+]1C=NC(CCNc2nc(-c3ccccc3)nc3[nH]ccc23)=C1. The first kappa shape index (κ1) is 14.6. The Kier molecular flexibility index (Phi) is 3.80. The summed E-state index contributed by atoms with van der Waals surface area (Å²) in [6.07, 6.45) is 6.77. The van der Waals surface area contributed by atoms with Crippen molar-refractivity contribution in [3.63, 3.8) is 0 Å². The topological polar surface area (TPSA) is 70.4 Å². The van der Waals surface area contributed by atoms with Crippen LogP contribution in [0.25, 0.3) is 22.4 Å². The quantitative estimate of drug-likeness (QED) is 0.672. The second kappa shape index (κ2) is 6.25. The van der Waals surface area contributed by atoms with Gasteiger partial charge in [0, 0.05) is 24.7 Å². The second-order valence-electron chi connectivity index (χ2n) is 5.82. The Morgan fingerprint density at radius 2 is 2.00 bits per heavy atom. The molecule has 1 aliphatic rings. The first-order chi connectivity index (χ1) is 11.8. The summed E-state index contributed by atoms with van der Waals surface area (Å²) >= 11 is 0. The van der Waals surface area contributed by atoms with E-state index in [1.54, 1.807) is 0 Å². The number of fused-ring (bicyclic) bond motifs is 1. The predicted octanol–water partition coefficient (Wildman–Crippen LogP) is 1.82. The zero-order chi connectivity index (χ0) is 16.4. The maximum atomic E-state index is 4.72. The highest BCUT2D eigenvalue weighted by Crippen LogP contribution is 2.24. The molecule has 6 nitrogen and oxygen atoms in total. The molecule has 3 heterocycles. The number of aromatic nitrogens is 3. The lowest BCUT2D eigenvalue weighted by Gasteiger charge is -2.08. The molecule has 0 saturated heterocycles. The van der Waals surface area contributed by atoms with Gasteiger partial charge in [-0.3, -0.25) is 4.90 Å². The fraction of sp³-hybridized carbons (Fsp3) is 0.167. The van der Waals surface area contributed by atoms with E-state index in [4.69, 9.17) is 4.98 Å². The molecule has 1 atom stereocenters. The molecular formula is C18H19N6+. The van der Waals surface area contributed by atoms with Crippen LogP contribution in [-0.4, -0.2) is 34.9 Å². The van der Waals surface area contributed by atoms with Crippen LogP contribution < -0.4 is 10.2 Å². The average molecular weight is 319 g/mol. The first-order valence-corrected chi connectivity index (χ1v) is 8.02. The van der Waals surface area contributed by atoms with E-state index in [-0.39, 0.29) is 0 Å². The van der Waals surface area contributed by atoms with Crippen molar-refractivity contribution in [1.82, 2.24) is 15.0 Å². The van der Waals surface area contributed by atoms with Gasteiger partial charge in [0.15, 0.2) is 12.2 Å². The summed E-state index contributed by atoms with van der Waals surface area (Å²) in [4.78, 5) is 18.1. The zero-order valence-electron chi connectivity index (χ0n) is 13.5. The Morgan fingerprint density at radius 1 is 1.12 bits per heavy atom. The van der Waals surface area contributed by atoms with Gasteiger partial charge in [0.2, 0.25) is 0 Å². The molecule has 0 bridgehead atoms. The average Bonchev–Trinajstić information content (AvgIpc) is 3.24. The van der Waals surface area contributed by atoms with Crippen molar-refractivity contribution in [2.45, 2.75) is 6.42 Å². The van der Waals surface area contributed by atoms with Gasteiger partial charge < -0.3 is 10.3 Å². The predicted molar refractivity (Wildman–Crippen MR) is 95.9 cm³/mol. The van der Waals surface area contributed by atoms with Gasteiger partial charge in [0.05, 0.1) is 12.4 Å². The molecule has 0 radical (unpaired) electrons. The molecule has 1 aromatic carbocycles. The van der Waals surface area contributed by atoms with Gasteiger partial charge in [0.25, 0.3) is 0 Å². The smallest absolute Gasteiger partial charge is 0.193 e. The summed E-state index contributed by atoms with van der Waals surface area (Å²) in [7, 11) is 2.06. The monoisotopic (exact) mass is 319 g/mol. The van der Waals surface area contributed by atoms with Crippen LogP contribution in [-0.2, 0) is 0 Å². The van der Waals surface area contributed by atoms with E-state index in [0.29, 0.717) is 0 Å². The van der Waals surface area contributed by atoms with Gasteiger partial charge in [-0.15, -0.1) is 0 Å². The Bertz CT molecular complexity index is 910. The minimum Gasteiger partial charge on any atom is -0.369 e. The zero-order valence-corrected chi connectivity index (χ0v) is 13.5. The summed E-state index contributed by atoms with van der Waals surface area (Å²) in [5, 5.41) is 4.43. The number of aromatic amines is 1. The van der Waals surface area contributed by atoms with E-state index in [1.165, 1.54) is 4.90 Å². The Labute approximate surface area is 140 Å². The molecule has 3 N–H and O–H groups in total. The van der Waals surface area contributed by atoms with Crippen LogP contribution in [0.4, 0.5) is 5.82 Å². The van der Waals surface area contributed by atoms with Crippen LogP contribution in [0.15, 0.2) is 59.5 Å². The molecule has 4 rings (SSSR count). The van der Waals surface area contributed by atoms with Crippen molar-refractivity contribution in [3.8, 4) is 11.4 Å². The largest absolute Gasteiger partial charge is 0.369 e. The van der Waals surface area contributed by atoms with Crippen LogP contribution in [0.1, 0.15) is 6.42 Å². The van der Waals surface area contributed by atoms with E-state index in [9.17, 15) is 0 Å². The maximum Gasteiger partial charge on any atom is 0.193 e. The van der Waals surface area contributed by atoms with E-state index < -0.39 is 0 Å². The summed E-state index contributed by atoms with van der Waals surface area (Å²) in [5.41, 5.74) is 2.95. The number of rotatable bonds is 5. The normalized spacial score (nSPS) is 16.5. The van der Waals surface area contributed by atoms with E-state index in [0.717, 1.165) is 46.9 Å². The molecule has 1 aliphatic heterocycles. The summed E-state index contributed by atoms with van der Waals surface area (Å²) < 4.78 is 0. The van der Waals surface area contributed by atoms with Crippen molar-refractivity contribution in [1.29, 1.82) is 0 Å². The molecule has 1 unspecified atom stereocenters. The minimum atomic E-state index is 0.718. The van der Waals surface area contributed by atoms with Crippen LogP contribution in [0, 0.1) is 0 Å². The molecule has 0 spiro atoms. The highest BCUT2D eigenvalue weighted by molar-refractivity contribution is 5.88. The molecule has 0 aliphatic carbocycles. The number of aliphatic imine (C=N–C) groups is 1. The van der Waals surface area contributed by atoms with Crippen LogP contribution in [0.3, 0.4) is 0 Å². The summed E-state index contributed by atoms with van der Waals surface area (Å²) in [5.74, 6) is 1.57. The van der Waals surface area contributed by atoms with E-state index in [1.807, 2.05) is 48.9 Å². The number of anilines is 1. The highest BCUT2D eigenvalue weighted by Gasteiger charge is 2.11. The molecule has 3 aromatic rings. The third-order valence-electron chi connectivity index (χ3n) is 3.95. The van der Waals surface area contributed by atoms with Crippen LogP contribution in [0.2, 0.25) is 0 Å². The van der Waals surface area contributed by atoms with E-state index >= 15 is 0 Å². The molecule has 2 aromatic heterocycles. The van der Waals surface area contributed by atoms with E-state index in [2.05, 4.69) is 33.5 Å². The van der Waals surface area contributed by atoms with Crippen molar-refractivity contribution in [2.75, 3.05) is 18.9 Å². The van der Waals surface area contributed by atoms with Crippen molar-refractivity contribution < 1.29 is 4.90 Å². The van der Waals surface area contributed by atoms with Crippen molar-refractivity contribution >= 4 is 23.2 Å². The summed E-state index contributed by atoms with van der Waals surface area (Å²) in [6, 6.07) is 12.0. The Balaban J connectivity index is 1.58. The fourth-order valence-electron chi connectivity index (χ4n) is 2.76. The third kappa shape index (κ3) is 2.91. The lowest BCUT2D eigenvalue weighted by atomic mass is 10.2. The van der Waals surface area contributed by atoms with Gasteiger partial charge in [-0.05, 0) is 6.07 Å². The number of H-pyrrole nitrogens is 1. The Hall–Kier alpha value is -2.99. The minimum absolute atomic E-state index is 0.718. The molecular weight excluding hydrogens is 300 g/mol. The van der Waals surface area contributed by atoms with Gasteiger partial charge >= 0.3 is 0 Å². The standard InChI is InChI=1S/C18H18N6/c1-24-11-14(21-12-24)7-9-19-17-15-8-10-20-18(15)23-16(22-17)13-5-3-2-4-6-13/h2-6,8,10-12H,7,9H2,1H3,(H2,19,20,22,23)/p+1. The molecule has 0 saturated carbocycles. The second-order valence-corrected chi connectivity index (χ2v) is 5.82.